The van der Waals surface area contributed by atoms with Crippen LogP contribution in [0.4, 0.5) is 4.39 Å². The van der Waals surface area contributed by atoms with Crippen molar-refractivity contribution >= 4 is 5.78 Å². The van der Waals surface area contributed by atoms with Gasteiger partial charge in [0.25, 0.3) is 0 Å². The minimum atomic E-state index is -0.291. The van der Waals surface area contributed by atoms with Crippen molar-refractivity contribution in [2.24, 2.45) is 5.41 Å². The van der Waals surface area contributed by atoms with E-state index in [4.69, 9.17) is 0 Å². The molecular weight excluding hydrogens is 229 g/mol. The average Bonchev–Trinajstić information content (AvgIpc) is 2.32. The lowest BCUT2D eigenvalue weighted by molar-refractivity contribution is 0.0834. The van der Waals surface area contributed by atoms with Crippen molar-refractivity contribution in [1.29, 1.82) is 0 Å². The van der Waals surface area contributed by atoms with E-state index in [-0.39, 0.29) is 17.0 Å². The summed E-state index contributed by atoms with van der Waals surface area (Å²) in [4.78, 5) is 12.3. The molecule has 0 bridgehead atoms. The second kappa shape index (κ2) is 4.16. The van der Waals surface area contributed by atoms with Crippen LogP contribution in [0.15, 0.2) is 12.1 Å². The number of ketones is 1. The zero-order valence-corrected chi connectivity index (χ0v) is 10.7. The number of hydrogen-bond donors (Lipinski definition) is 1. The Balaban J connectivity index is 2.04. The highest BCUT2D eigenvalue weighted by Gasteiger charge is 2.39. The number of piperidine rings is 1. The lowest BCUT2D eigenvalue weighted by atomic mass is 9.65. The Kier molecular flexibility index (Phi) is 2.74. The number of hydrogen-bond acceptors (Lipinski definition) is 2. The molecule has 0 radical (unpaired) electrons. The van der Waals surface area contributed by atoms with Gasteiger partial charge in [0.15, 0.2) is 5.78 Å². The largest absolute Gasteiger partial charge is 0.317 e. The van der Waals surface area contributed by atoms with Gasteiger partial charge < -0.3 is 5.32 Å². The molecule has 1 fully saturated rings. The van der Waals surface area contributed by atoms with Gasteiger partial charge in [0.2, 0.25) is 0 Å². The summed E-state index contributed by atoms with van der Waals surface area (Å²) in [5.41, 5.74) is 2.75. The molecule has 1 aromatic carbocycles. The molecular formula is C15H18FNO. The fourth-order valence-corrected chi connectivity index (χ4v) is 3.44. The number of benzene rings is 1. The van der Waals surface area contributed by atoms with Crippen molar-refractivity contribution in [3.63, 3.8) is 0 Å². The first-order valence-corrected chi connectivity index (χ1v) is 6.63. The first kappa shape index (κ1) is 11.8. The van der Waals surface area contributed by atoms with Crippen LogP contribution in [0.2, 0.25) is 0 Å². The third kappa shape index (κ3) is 1.87. The summed E-state index contributed by atoms with van der Waals surface area (Å²) in [6.07, 6.45) is 3.62. The minimum absolute atomic E-state index is 0.123. The molecule has 0 saturated carbocycles. The van der Waals surface area contributed by atoms with Gasteiger partial charge in [-0.3, -0.25) is 4.79 Å². The van der Waals surface area contributed by atoms with Crippen molar-refractivity contribution in [2.75, 3.05) is 13.1 Å². The monoisotopic (exact) mass is 247 g/mol. The number of rotatable bonds is 0. The van der Waals surface area contributed by atoms with Crippen LogP contribution in [-0.2, 0) is 6.42 Å². The predicted octanol–water partition coefficient (Wildman–Crippen LogP) is 2.63. The molecule has 2 nitrogen and oxygen atoms in total. The van der Waals surface area contributed by atoms with Gasteiger partial charge in [-0.1, -0.05) is 0 Å². The smallest absolute Gasteiger partial charge is 0.163 e. The molecule has 96 valence electrons. The van der Waals surface area contributed by atoms with Crippen molar-refractivity contribution < 1.29 is 9.18 Å². The predicted molar refractivity (Wildman–Crippen MR) is 68.3 cm³/mol. The maximum atomic E-state index is 13.4. The van der Waals surface area contributed by atoms with Gasteiger partial charge in [-0.2, -0.15) is 0 Å². The molecule has 18 heavy (non-hydrogen) atoms. The van der Waals surface area contributed by atoms with Gasteiger partial charge in [-0.25, -0.2) is 4.39 Å². The summed E-state index contributed by atoms with van der Waals surface area (Å²) in [7, 11) is 0. The van der Waals surface area contributed by atoms with Crippen LogP contribution in [0.3, 0.4) is 0 Å². The van der Waals surface area contributed by atoms with Gasteiger partial charge in [-0.05, 0) is 68.0 Å². The van der Waals surface area contributed by atoms with E-state index in [0.717, 1.165) is 43.5 Å². The highest BCUT2D eigenvalue weighted by atomic mass is 19.1. The van der Waals surface area contributed by atoms with Crippen molar-refractivity contribution in [3.8, 4) is 0 Å². The molecule has 3 rings (SSSR count). The average molecular weight is 247 g/mol. The van der Waals surface area contributed by atoms with Crippen LogP contribution in [-0.4, -0.2) is 18.9 Å². The Morgan fingerprint density at radius 2 is 1.94 bits per heavy atom. The SMILES string of the molecule is Cc1cc(F)cc2c1CC1(CCNCC1)CC2=O. The van der Waals surface area contributed by atoms with E-state index in [0.29, 0.717) is 12.0 Å². The fourth-order valence-electron chi connectivity index (χ4n) is 3.44. The van der Waals surface area contributed by atoms with E-state index in [2.05, 4.69) is 5.32 Å². The van der Waals surface area contributed by atoms with E-state index in [1.807, 2.05) is 6.92 Å². The highest BCUT2D eigenvalue weighted by molar-refractivity contribution is 5.99. The Labute approximate surface area is 107 Å². The van der Waals surface area contributed by atoms with E-state index in [1.165, 1.54) is 6.07 Å². The summed E-state index contributed by atoms with van der Waals surface area (Å²) < 4.78 is 13.4. The molecule has 0 amide bonds. The molecule has 1 aromatic rings. The number of halogens is 1. The number of carbonyl (C=O) groups is 1. The van der Waals surface area contributed by atoms with Crippen molar-refractivity contribution in [3.05, 3.63) is 34.6 Å². The summed E-state index contributed by atoms with van der Waals surface area (Å²) in [6.45, 7) is 3.89. The maximum Gasteiger partial charge on any atom is 0.163 e. The fraction of sp³-hybridized carbons (Fsp3) is 0.533. The summed E-state index contributed by atoms with van der Waals surface area (Å²) in [5, 5.41) is 3.35. The molecule has 1 N–H and O–H groups in total. The molecule has 0 aromatic heterocycles. The van der Waals surface area contributed by atoms with Crippen LogP contribution >= 0.6 is 0 Å². The van der Waals surface area contributed by atoms with Gasteiger partial charge in [0.1, 0.15) is 5.82 Å². The number of fused-ring (bicyclic) bond motifs is 1. The Bertz CT molecular complexity index is 503. The molecule has 1 heterocycles. The van der Waals surface area contributed by atoms with E-state index in [1.54, 1.807) is 6.07 Å². The third-order valence-corrected chi connectivity index (χ3v) is 4.49. The topological polar surface area (TPSA) is 29.1 Å². The molecule has 0 unspecified atom stereocenters. The molecule has 0 atom stereocenters. The molecule has 2 aliphatic rings. The van der Waals surface area contributed by atoms with Crippen molar-refractivity contribution in [1.82, 2.24) is 5.32 Å². The van der Waals surface area contributed by atoms with Crippen molar-refractivity contribution in [2.45, 2.75) is 32.6 Å². The van der Waals surface area contributed by atoms with Crippen LogP contribution < -0.4 is 5.32 Å². The lowest BCUT2D eigenvalue weighted by Crippen LogP contribution is -2.42. The van der Waals surface area contributed by atoms with Crippen LogP contribution in [0.1, 0.15) is 40.7 Å². The van der Waals surface area contributed by atoms with E-state index < -0.39 is 0 Å². The third-order valence-electron chi connectivity index (χ3n) is 4.49. The van der Waals surface area contributed by atoms with Gasteiger partial charge in [0, 0.05) is 12.0 Å². The Hall–Kier alpha value is -1.22. The first-order valence-electron chi connectivity index (χ1n) is 6.63. The molecule has 1 spiro atoms. The second-order valence-electron chi connectivity index (χ2n) is 5.78. The first-order chi connectivity index (χ1) is 8.60. The van der Waals surface area contributed by atoms with Crippen LogP contribution in [0.25, 0.3) is 0 Å². The summed E-state index contributed by atoms with van der Waals surface area (Å²) in [5.74, 6) is -0.165. The molecule has 1 aliphatic heterocycles. The number of nitrogens with one attached hydrogen (secondary N) is 1. The lowest BCUT2D eigenvalue weighted by Gasteiger charge is -2.41. The highest BCUT2D eigenvalue weighted by Crippen LogP contribution is 2.43. The van der Waals surface area contributed by atoms with Crippen LogP contribution in [0, 0.1) is 18.2 Å². The number of Topliss-reactive ketones (excluding diaryl/α,β-unsaturated/α-hetero) is 1. The zero-order valence-electron chi connectivity index (χ0n) is 10.7. The Morgan fingerprint density at radius 3 is 2.67 bits per heavy atom. The zero-order chi connectivity index (χ0) is 12.8. The quantitative estimate of drug-likeness (QED) is 0.763. The standard InChI is InChI=1S/C15H18FNO/c1-10-6-11(16)7-12-13(10)8-15(9-14(12)18)2-4-17-5-3-15/h6-7,17H,2-5,8-9H2,1H3. The second-order valence-corrected chi connectivity index (χ2v) is 5.78. The number of aryl methyl sites for hydroxylation is 1. The Morgan fingerprint density at radius 1 is 1.22 bits per heavy atom. The maximum absolute atomic E-state index is 13.4. The minimum Gasteiger partial charge on any atom is -0.317 e. The normalized spacial score (nSPS) is 22.0. The van der Waals surface area contributed by atoms with E-state index >= 15 is 0 Å². The van der Waals surface area contributed by atoms with Gasteiger partial charge >= 0.3 is 0 Å². The number of carbonyl (C=O) groups excluding carboxylic acids is 1. The summed E-state index contributed by atoms with van der Waals surface area (Å²) in [6, 6.07) is 2.96. The summed E-state index contributed by atoms with van der Waals surface area (Å²) >= 11 is 0. The van der Waals surface area contributed by atoms with Gasteiger partial charge in [-0.15, -0.1) is 0 Å². The molecule has 1 saturated heterocycles. The van der Waals surface area contributed by atoms with Crippen LogP contribution in [0.5, 0.6) is 0 Å². The van der Waals surface area contributed by atoms with Gasteiger partial charge in [0.05, 0.1) is 0 Å². The van der Waals surface area contributed by atoms with E-state index in [9.17, 15) is 9.18 Å². The molecule has 3 heteroatoms. The molecule has 1 aliphatic carbocycles.